The summed E-state index contributed by atoms with van der Waals surface area (Å²) in [5.41, 5.74) is -1.54. The van der Waals surface area contributed by atoms with Crippen molar-refractivity contribution >= 4 is 11.7 Å². The maximum atomic E-state index is 14.0. The molecule has 0 spiro atoms. The highest BCUT2D eigenvalue weighted by atomic mass is 19.1. The van der Waals surface area contributed by atoms with Crippen molar-refractivity contribution in [2.24, 2.45) is 0 Å². The molecule has 17 heavy (non-hydrogen) atoms. The highest BCUT2D eigenvalue weighted by Gasteiger charge is 2.42. The van der Waals surface area contributed by atoms with E-state index in [4.69, 9.17) is 5.11 Å². The number of alkyl halides is 1. The fraction of sp³-hybridized carbons (Fsp3) is 0.417. The monoisotopic (exact) mass is 239 g/mol. The molecule has 2 N–H and O–H groups in total. The number of rotatable bonds is 2. The summed E-state index contributed by atoms with van der Waals surface area (Å²) < 4.78 is 14.0. The Kier molecular flexibility index (Phi) is 2.92. The Balaban J connectivity index is 2.20. The summed E-state index contributed by atoms with van der Waals surface area (Å²) in [5.74, 6) is -1.32. The fourth-order valence-electron chi connectivity index (χ4n) is 2.10. The Labute approximate surface area is 98.3 Å². The number of nitrogens with zero attached hydrogens (tertiary/aromatic N) is 1. The van der Waals surface area contributed by atoms with Gasteiger partial charge in [0.05, 0.1) is 6.54 Å². The van der Waals surface area contributed by atoms with E-state index in [2.05, 4.69) is 0 Å². The van der Waals surface area contributed by atoms with Crippen LogP contribution in [0.5, 0.6) is 5.75 Å². The molecule has 0 saturated carbocycles. The summed E-state index contributed by atoms with van der Waals surface area (Å²) in [6, 6.07) is 6.41. The van der Waals surface area contributed by atoms with Crippen molar-refractivity contribution in [1.82, 2.24) is 0 Å². The lowest BCUT2D eigenvalue weighted by Crippen LogP contribution is -2.50. The minimum atomic E-state index is -2.19. The fourth-order valence-corrected chi connectivity index (χ4v) is 2.10. The maximum Gasteiger partial charge on any atom is 0.343 e. The highest BCUT2D eigenvalue weighted by Crippen LogP contribution is 2.30. The third kappa shape index (κ3) is 2.33. The molecule has 1 heterocycles. The third-order valence-corrected chi connectivity index (χ3v) is 3.02. The van der Waals surface area contributed by atoms with E-state index in [0.29, 0.717) is 18.7 Å². The summed E-state index contributed by atoms with van der Waals surface area (Å²) in [6.45, 7) is 0.425. The second-order valence-electron chi connectivity index (χ2n) is 4.32. The van der Waals surface area contributed by atoms with Gasteiger partial charge in [-0.05, 0) is 25.0 Å². The number of phenolic OH excluding ortho intramolecular Hbond substituents is 1. The predicted octanol–water partition coefficient (Wildman–Crippen LogP) is 1.79. The molecule has 2 rings (SSSR count). The Morgan fingerprint density at radius 1 is 1.47 bits per heavy atom. The summed E-state index contributed by atoms with van der Waals surface area (Å²) in [6.07, 6.45) is 0.524. The van der Waals surface area contributed by atoms with Crippen molar-refractivity contribution < 1.29 is 19.4 Å². The van der Waals surface area contributed by atoms with Crippen LogP contribution in [0.25, 0.3) is 0 Å². The molecule has 0 aliphatic carbocycles. The first kappa shape index (κ1) is 11.7. The summed E-state index contributed by atoms with van der Waals surface area (Å²) in [4.78, 5) is 12.5. The molecule has 1 aromatic rings. The van der Waals surface area contributed by atoms with Gasteiger partial charge in [0.1, 0.15) is 5.75 Å². The molecule has 92 valence electrons. The van der Waals surface area contributed by atoms with Crippen molar-refractivity contribution in [3.63, 3.8) is 0 Å². The van der Waals surface area contributed by atoms with Crippen LogP contribution in [0.1, 0.15) is 12.8 Å². The number of carbonyl (C=O) groups is 1. The van der Waals surface area contributed by atoms with E-state index in [1.54, 1.807) is 17.0 Å². The van der Waals surface area contributed by atoms with Crippen LogP contribution in [-0.2, 0) is 4.79 Å². The molecule has 5 heteroatoms. The first-order valence-corrected chi connectivity index (χ1v) is 5.47. The minimum Gasteiger partial charge on any atom is -0.508 e. The minimum absolute atomic E-state index is 0.0393. The molecule has 0 aromatic heterocycles. The smallest absolute Gasteiger partial charge is 0.343 e. The second-order valence-corrected chi connectivity index (χ2v) is 4.32. The first-order chi connectivity index (χ1) is 8.01. The van der Waals surface area contributed by atoms with Gasteiger partial charge >= 0.3 is 5.97 Å². The van der Waals surface area contributed by atoms with Crippen LogP contribution >= 0.6 is 0 Å². The molecule has 4 nitrogen and oxygen atoms in total. The molecule has 1 unspecified atom stereocenters. The van der Waals surface area contributed by atoms with E-state index in [9.17, 15) is 14.3 Å². The van der Waals surface area contributed by atoms with Crippen LogP contribution in [0.4, 0.5) is 10.1 Å². The lowest BCUT2D eigenvalue weighted by Gasteiger charge is -2.36. The number of hydrogen-bond acceptors (Lipinski definition) is 3. The Hall–Kier alpha value is -1.78. The average Bonchev–Trinajstić information content (AvgIpc) is 2.29. The van der Waals surface area contributed by atoms with Crippen LogP contribution in [0, 0.1) is 0 Å². The van der Waals surface area contributed by atoms with Gasteiger partial charge in [-0.1, -0.05) is 6.07 Å². The van der Waals surface area contributed by atoms with Crippen LogP contribution in [-0.4, -0.2) is 34.9 Å². The summed E-state index contributed by atoms with van der Waals surface area (Å²) in [7, 11) is 0. The number of phenols is 1. The number of carboxylic acid groups (broad SMARTS) is 1. The van der Waals surface area contributed by atoms with E-state index < -0.39 is 11.6 Å². The van der Waals surface area contributed by atoms with Gasteiger partial charge < -0.3 is 15.1 Å². The van der Waals surface area contributed by atoms with Gasteiger partial charge in [0.25, 0.3) is 0 Å². The van der Waals surface area contributed by atoms with Crippen molar-refractivity contribution in [2.45, 2.75) is 18.5 Å². The molecule has 1 fully saturated rings. The van der Waals surface area contributed by atoms with Gasteiger partial charge in [0.15, 0.2) is 0 Å². The van der Waals surface area contributed by atoms with Crippen LogP contribution < -0.4 is 4.90 Å². The van der Waals surface area contributed by atoms with E-state index >= 15 is 0 Å². The molecule has 0 amide bonds. The molecular weight excluding hydrogens is 225 g/mol. The zero-order valence-corrected chi connectivity index (χ0v) is 9.27. The normalized spacial score (nSPS) is 24.6. The van der Waals surface area contributed by atoms with Gasteiger partial charge in [-0.15, -0.1) is 0 Å². The summed E-state index contributed by atoms with van der Waals surface area (Å²) in [5, 5.41) is 18.2. The molecule has 1 atom stereocenters. The SMILES string of the molecule is O=C(O)C1(F)CCCN(c2cccc(O)c2)C1. The lowest BCUT2D eigenvalue weighted by atomic mass is 9.94. The Bertz CT molecular complexity index is 438. The number of aromatic hydroxyl groups is 1. The van der Waals surface area contributed by atoms with Crippen molar-refractivity contribution in [1.29, 1.82) is 0 Å². The topological polar surface area (TPSA) is 60.8 Å². The maximum absolute atomic E-state index is 14.0. The predicted molar refractivity (Wildman–Crippen MR) is 61.0 cm³/mol. The van der Waals surface area contributed by atoms with E-state index in [1.807, 2.05) is 0 Å². The van der Waals surface area contributed by atoms with Gasteiger partial charge in [-0.3, -0.25) is 0 Å². The first-order valence-electron chi connectivity index (χ1n) is 5.47. The Morgan fingerprint density at radius 2 is 2.24 bits per heavy atom. The average molecular weight is 239 g/mol. The zero-order valence-electron chi connectivity index (χ0n) is 9.27. The third-order valence-electron chi connectivity index (χ3n) is 3.02. The second kappa shape index (κ2) is 4.24. The number of carboxylic acids is 1. The van der Waals surface area contributed by atoms with Crippen molar-refractivity contribution in [2.75, 3.05) is 18.0 Å². The van der Waals surface area contributed by atoms with Gasteiger partial charge in [0.2, 0.25) is 5.67 Å². The highest BCUT2D eigenvalue weighted by molar-refractivity contribution is 5.78. The zero-order chi connectivity index (χ0) is 12.5. The van der Waals surface area contributed by atoms with E-state index in [0.717, 1.165) is 0 Å². The number of piperidine rings is 1. The number of anilines is 1. The summed E-state index contributed by atoms with van der Waals surface area (Å²) >= 11 is 0. The molecule has 1 aliphatic rings. The van der Waals surface area contributed by atoms with Gasteiger partial charge in [-0.25, -0.2) is 9.18 Å². The van der Waals surface area contributed by atoms with Crippen LogP contribution in [0.2, 0.25) is 0 Å². The van der Waals surface area contributed by atoms with Crippen LogP contribution in [0.15, 0.2) is 24.3 Å². The molecular formula is C12H14FNO3. The molecule has 1 aromatic carbocycles. The van der Waals surface area contributed by atoms with Crippen molar-refractivity contribution in [3.8, 4) is 5.75 Å². The standard InChI is InChI=1S/C12H14FNO3/c13-12(11(16)17)5-2-6-14(8-12)9-3-1-4-10(15)7-9/h1,3-4,7,15H,2,5-6,8H2,(H,16,17). The van der Waals surface area contributed by atoms with Crippen molar-refractivity contribution in [3.05, 3.63) is 24.3 Å². The molecule has 1 saturated heterocycles. The number of benzene rings is 1. The molecule has 0 radical (unpaired) electrons. The largest absolute Gasteiger partial charge is 0.508 e. The van der Waals surface area contributed by atoms with Crippen LogP contribution in [0.3, 0.4) is 0 Å². The number of hydrogen-bond donors (Lipinski definition) is 2. The lowest BCUT2D eigenvalue weighted by molar-refractivity contribution is -0.151. The Morgan fingerprint density at radius 3 is 2.88 bits per heavy atom. The van der Waals surface area contributed by atoms with E-state index in [1.165, 1.54) is 12.1 Å². The number of halogens is 1. The van der Waals surface area contributed by atoms with Gasteiger partial charge in [-0.2, -0.15) is 0 Å². The van der Waals surface area contributed by atoms with Gasteiger partial charge in [0, 0.05) is 18.3 Å². The van der Waals surface area contributed by atoms with E-state index in [-0.39, 0.29) is 18.7 Å². The molecule has 0 bridgehead atoms. The molecule has 1 aliphatic heterocycles. The quantitative estimate of drug-likeness (QED) is 0.826. The number of aliphatic carboxylic acids is 1.